The molecule has 0 unspecified atom stereocenters. The third-order valence-electron chi connectivity index (χ3n) is 3.50. The summed E-state index contributed by atoms with van der Waals surface area (Å²) in [6, 6.07) is 11.2. The highest BCUT2D eigenvalue weighted by Crippen LogP contribution is 2.37. The van der Waals surface area contributed by atoms with E-state index in [2.05, 4.69) is 6.58 Å². The molecule has 0 radical (unpaired) electrons. The van der Waals surface area contributed by atoms with Crippen molar-refractivity contribution in [3.63, 3.8) is 0 Å². The van der Waals surface area contributed by atoms with Gasteiger partial charge in [0.2, 0.25) is 0 Å². The lowest BCUT2D eigenvalue weighted by molar-refractivity contribution is -0.128. The van der Waals surface area contributed by atoms with Gasteiger partial charge >= 0.3 is 5.97 Å². The summed E-state index contributed by atoms with van der Waals surface area (Å²) in [5.74, 6) is -0.193. The van der Waals surface area contributed by atoms with Crippen LogP contribution in [0.3, 0.4) is 0 Å². The van der Waals surface area contributed by atoms with Crippen LogP contribution < -0.4 is 4.74 Å². The number of esters is 1. The topological polar surface area (TPSA) is 51.5 Å². The zero-order chi connectivity index (χ0) is 15.7. The van der Waals surface area contributed by atoms with Gasteiger partial charge in [-0.05, 0) is 12.1 Å². The summed E-state index contributed by atoms with van der Waals surface area (Å²) < 4.78 is 7.25. The van der Waals surface area contributed by atoms with E-state index in [9.17, 15) is 9.90 Å². The van der Waals surface area contributed by atoms with Crippen molar-refractivity contribution < 1.29 is 14.6 Å². The summed E-state index contributed by atoms with van der Waals surface area (Å²) in [6.45, 7) is 3.78. The Bertz CT molecular complexity index is 882. The molecule has 0 fully saturated rings. The predicted molar refractivity (Wildman–Crippen MR) is 87.4 cm³/mol. The Balaban J connectivity index is 2.40. The van der Waals surface area contributed by atoms with Gasteiger partial charge in [-0.15, -0.1) is 0 Å². The van der Waals surface area contributed by atoms with Crippen LogP contribution in [0.25, 0.3) is 21.8 Å². The number of hydrogen-bond acceptors (Lipinski definition) is 3. The molecule has 1 heterocycles. The number of para-hydroxylation sites is 1. The lowest BCUT2D eigenvalue weighted by Gasteiger charge is -2.09. The van der Waals surface area contributed by atoms with Gasteiger partial charge in [-0.3, -0.25) is 0 Å². The summed E-state index contributed by atoms with van der Waals surface area (Å²) in [6.07, 6.45) is 1.10. The summed E-state index contributed by atoms with van der Waals surface area (Å²) in [7, 11) is 0. The molecule has 0 atom stereocenters. The van der Waals surface area contributed by atoms with Gasteiger partial charge in [0.25, 0.3) is 0 Å². The molecule has 4 nitrogen and oxygen atoms in total. The number of fused-ring (bicyclic) bond motifs is 3. The van der Waals surface area contributed by atoms with Crippen LogP contribution in [0.5, 0.6) is 5.75 Å². The number of aromatic nitrogens is 1. The SMILES string of the molecule is C=CC(=O)Oc1cc(Cl)cc2c3ccccc3n(CCO)c12. The van der Waals surface area contributed by atoms with Crippen molar-refractivity contribution in [1.29, 1.82) is 0 Å². The van der Waals surface area contributed by atoms with Gasteiger partial charge in [0.05, 0.1) is 12.1 Å². The molecule has 0 amide bonds. The minimum atomic E-state index is -0.552. The number of ether oxygens (including phenoxy) is 1. The van der Waals surface area contributed by atoms with Gasteiger partial charge in [0, 0.05) is 40.0 Å². The van der Waals surface area contributed by atoms with E-state index in [1.165, 1.54) is 0 Å². The molecule has 1 N–H and O–H groups in total. The number of carbonyl (C=O) groups is 1. The van der Waals surface area contributed by atoms with Gasteiger partial charge in [-0.1, -0.05) is 36.4 Å². The molecule has 0 aliphatic carbocycles. The van der Waals surface area contributed by atoms with E-state index in [0.717, 1.165) is 27.9 Å². The highest BCUT2D eigenvalue weighted by molar-refractivity contribution is 6.32. The summed E-state index contributed by atoms with van der Waals surface area (Å²) in [4.78, 5) is 11.6. The standard InChI is InChI=1S/C17H14ClNO3/c1-2-16(21)22-15-10-11(18)9-13-12-5-3-4-6-14(12)19(7-8-20)17(13)15/h2-6,9-10,20H,1,7-8H2. The molecule has 0 aliphatic rings. The maximum Gasteiger partial charge on any atom is 0.335 e. The van der Waals surface area contributed by atoms with Crippen LogP contribution in [0.4, 0.5) is 0 Å². The summed E-state index contributed by atoms with van der Waals surface area (Å²) >= 11 is 6.16. The van der Waals surface area contributed by atoms with Crippen LogP contribution >= 0.6 is 11.6 Å². The van der Waals surface area contributed by atoms with Crippen molar-refractivity contribution in [1.82, 2.24) is 4.57 Å². The Labute approximate surface area is 132 Å². The van der Waals surface area contributed by atoms with Gasteiger partial charge in [0.1, 0.15) is 0 Å². The van der Waals surface area contributed by atoms with Crippen molar-refractivity contribution in [3.05, 3.63) is 54.1 Å². The summed E-state index contributed by atoms with van der Waals surface area (Å²) in [5, 5.41) is 11.7. The fraction of sp³-hybridized carbons (Fsp3) is 0.118. The Kier molecular flexibility index (Phi) is 3.88. The molecule has 0 bridgehead atoms. The summed E-state index contributed by atoms with van der Waals surface area (Å²) in [5.41, 5.74) is 1.68. The van der Waals surface area contributed by atoms with Crippen LogP contribution in [-0.2, 0) is 11.3 Å². The highest BCUT2D eigenvalue weighted by Gasteiger charge is 2.17. The molecular weight excluding hydrogens is 302 g/mol. The van der Waals surface area contributed by atoms with Crippen molar-refractivity contribution in [2.75, 3.05) is 6.61 Å². The molecule has 3 rings (SSSR count). The Hall–Kier alpha value is -2.30. The number of aliphatic hydroxyl groups is 1. The van der Waals surface area contributed by atoms with Crippen LogP contribution in [0.2, 0.25) is 5.02 Å². The quantitative estimate of drug-likeness (QED) is 0.455. The second-order valence-corrected chi connectivity index (χ2v) is 5.25. The fourth-order valence-corrected chi connectivity index (χ4v) is 2.88. The third-order valence-corrected chi connectivity index (χ3v) is 3.71. The maximum atomic E-state index is 11.6. The molecule has 22 heavy (non-hydrogen) atoms. The van der Waals surface area contributed by atoms with Crippen LogP contribution in [-0.4, -0.2) is 22.2 Å². The first-order valence-electron chi connectivity index (χ1n) is 6.81. The first-order chi connectivity index (χ1) is 10.7. The number of hydrogen-bond donors (Lipinski definition) is 1. The lowest BCUT2D eigenvalue weighted by Crippen LogP contribution is -2.07. The molecule has 3 aromatic rings. The molecule has 2 aromatic carbocycles. The number of rotatable bonds is 4. The first-order valence-corrected chi connectivity index (χ1v) is 7.19. The normalized spacial score (nSPS) is 11.0. The number of halogens is 1. The predicted octanol–water partition coefficient (Wildman–Crippen LogP) is 3.53. The van der Waals surface area contributed by atoms with Crippen molar-refractivity contribution in [3.8, 4) is 5.75 Å². The molecule has 0 saturated carbocycles. The maximum absolute atomic E-state index is 11.6. The Morgan fingerprint density at radius 2 is 2.09 bits per heavy atom. The van der Waals surface area contributed by atoms with Crippen LogP contribution in [0.1, 0.15) is 0 Å². The molecule has 112 valence electrons. The second-order valence-electron chi connectivity index (χ2n) is 4.82. The molecular formula is C17H14ClNO3. The van der Waals surface area contributed by atoms with Gasteiger partial charge < -0.3 is 14.4 Å². The molecule has 0 spiro atoms. The molecule has 0 saturated heterocycles. The van der Waals surface area contributed by atoms with Gasteiger partial charge in [-0.25, -0.2) is 4.79 Å². The lowest BCUT2D eigenvalue weighted by atomic mass is 10.1. The minimum Gasteiger partial charge on any atom is -0.421 e. The number of benzene rings is 2. The van der Waals surface area contributed by atoms with Crippen LogP contribution in [0, 0.1) is 0 Å². The van der Waals surface area contributed by atoms with Crippen LogP contribution in [0.15, 0.2) is 49.1 Å². The van der Waals surface area contributed by atoms with Crippen molar-refractivity contribution in [2.24, 2.45) is 0 Å². The second kappa shape index (κ2) is 5.83. The third kappa shape index (κ3) is 2.36. The number of nitrogens with zero attached hydrogens (tertiary/aromatic N) is 1. The molecule has 5 heteroatoms. The van der Waals surface area contributed by atoms with E-state index in [4.69, 9.17) is 16.3 Å². The first kappa shape index (κ1) is 14.6. The zero-order valence-electron chi connectivity index (χ0n) is 11.8. The Morgan fingerprint density at radius 3 is 2.82 bits per heavy atom. The van der Waals surface area contributed by atoms with Gasteiger partial charge in [0.15, 0.2) is 5.75 Å². The number of aliphatic hydroxyl groups excluding tert-OH is 1. The zero-order valence-corrected chi connectivity index (χ0v) is 12.5. The van der Waals surface area contributed by atoms with Gasteiger partial charge in [-0.2, -0.15) is 0 Å². The molecule has 1 aromatic heterocycles. The minimum absolute atomic E-state index is 0.0226. The smallest absolute Gasteiger partial charge is 0.335 e. The van der Waals surface area contributed by atoms with E-state index in [0.29, 0.717) is 17.3 Å². The van der Waals surface area contributed by atoms with E-state index in [1.807, 2.05) is 34.9 Å². The van der Waals surface area contributed by atoms with E-state index < -0.39 is 5.97 Å². The van der Waals surface area contributed by atoms with Crippen molar-refractivity contribution >= 4 is 39.4 Å². The molecule has 0 aliphatic heterocycles. The Morgan fingerprint density at radius 1 is 1.32 bits per heavy atom. The average molecular weight is 316 g/mol. The number of carbonyl (C=O) groups excluding carboxylic acids is 1. The van der Waals surface area contributed by atoms with E-state index in [-0.39, 0.29) is 6.61 Å². The van der Waals surface area contributed by atoms with E-state index in [1.54, 1.807) is 6.07 Å². The van der Waals surface area contributed by atoms with E-state index >= 15 is 0 Å². The van der Waals surface area contributed by atoms with Crippen molar-refractivity contribution in [2.45, 2.75) is 6.54 Å². The highest BCUT2D eigenvalue weighted by atomic mass is 35.5. The largest absolute Gasteiger partial charge is 0.421 e. The fourth-order valence-electron chi connectivity index (χ4n) is 2.68. The average Bonchev–Trinajstić information content (AvgIpc) is 2.82. The monoisotopic (exact) mass is 315 g/mol.